The van der Waals surface area contributed by atoms with E-state index in [9.17, 15) is 14.9 Å². The van der Waals surface area contributed by atoms with Gasteiger partial charge in [0.2, 0.25) is 0 Å². The van der Waals surface area contributed by atoms with Gasteiger partial charge in [0.05, 0.1) is 24.2 Å². The molecular formula is C20H24N2O6. The van der Waals surface area contributed by atoms with Gasteiger partial charge in [0, 0.05) is 12.0 Å². The number of amides is 1. The van der Waals surface area contributed by atoms with Crippen LogP contribution in [0.25, 0.3) is 0 Å². The van der Waals surface area contributed by atoms with Crippen LogP contribution in [0.3, 0.4) is 0 Å². The summed E-state index contributed by atoms with van der Waals surface area (Å²) >= 11 is 0. The molecule has 8 nitrogen and oxygen atoms in total. The van der Waals surface area contributed by atoms with E-state index in [0.29, 0.717) is 42.3 Å². The summed E-state index contributed by atoms with van der Waals surface area (Å²) in [5.41, 5.74) is 6.36. The zero-order valence-electron chi connectivity index (χ0n) is 16.0. The number of rotatable bonds is 10. The van der Waals surface area contributed by atoms with Gasteiger partial charge in [-0.15, -0.1) is 0 Å². The summed E-state index contributed by atoms with van der Waals surface area (Å²) < 4.78 is 16.4. The number of primary amides is 1. The summed E-state index contributed by atoms with van der Waals surface area (Å²) in [6, 6.07) is 9.94. The fraction of sp³-hybridized carbons (Fsp3) is 0.350. The van der Waals surface area contributed by atoms with Crippen molar-refractivity contribution in [1.29, 1.82) is 0 Å². The average molecular weight is 388 g/mol. The summed E-state index contributed by atoms with van der Waals surface area (Å²) in [6.45, 7) is 4.64. The number of nitrogens with zero attached hydrogens (tertiary/aromatic N) is 1. The van der Waals surface area contributed by atoms with Crippen molar-refractivity contribution in [3.63, 3.8) is 0 Å². The van der Waals surface area contributed by atoms with Crippen LogP contribution in [-0.2, 0) is 6.42 Å². The highest BCUT2D eigenvalue weighted by Crippen LogP contribution is 2.37. The minimum atomic E-state index is -0.912. The Bertz CT molecular complexity index is 837. The Hall–Kier alpha value is -3.29. The lowest BCUT2D eigenvalue weighted by Gasteiger charge is -2.15. The van der Waals surface area contributed by atoms with Gasteiger partial charge in [-0.3, -0.25) is 10.1 Å². The second kappa shape index (κ2) is 10.1. The molecule has 0 heterocycles. The first-order valence-corrected chi connectivity index (χ1v) is 9.08. The summed E-state index contributed by atoms with van der Waals surface area (Å²) in [4.78, 5) is 22.1. The van der Waals surface area contributed by atoms with Gasteiger partial charge in [-0.2, -0.15) is 0 Å². The van der Waals surface area contributed by atoms with Gasteiger partial charge in [-0.1, -0.05) is 32.0 Å². The summed E-state index contributed by atoms with van der Waals surface area (Å²) in [7, 11) is 0. The highest BCUT2D eigenvalue weighted by molar-refractivity contribution is 5.68. The fourth-order valence-electron chi connectivity index (χ4n) is 2.61. The van der Waals surface area contributed by atoms with Gasteiger partial charge in [-0.05, 0) is 30.5 Å². The molecule has 28 heavy (non-hydrogen) atoms. The molecule has 2 aromatic rings. The normalized spacial score (nSPS) is 10.4. The van der Waals surface area contributed by atoms with Gasteiger partial charge < -0.3 is 19.9 Å². The number of carbonyl (C=O) groups is 1. The molecule has 0 fully saturated rings. The first-order chi connectivity index (χ1) is 13.5. The van der Waals surface area contributed by atoms with Crippen LogP contribution in [0.4, 0.5) is 10.5 Å². The number of benzene rings is 2. The lowest BCUT2D eigenvalue weighted by atomic mass is 10.0. The van der Waals surface area contributed by atoms with E-state index >= 15 is 0 Å². The number of hydrogen-bond donors (Lipinski definition) is 1. The first-order valence-electron chi connectivity index (χ1n) is 9.08. The molecule has 1 amide bonds. The number of nitro groups is 1. The molecule has 0 bridgehead atoms. The standard InChI is InChI=1S/C20H24N2O6/c1-3-9-26-18-13-16(22(24)25)19(27-10-4-2)12-15(18)11-14-7-5-6-8-17(14)28-20(21)23/h5-8,12-13H,3-4,9-11H2,1-2H3,(H2,21,23). The van der Waals surface area contributed by atoms with Crippen molar-refractivity contribution in [2.75, 3.05) is 13.2 Å². The van der Waals surface area contributed by atoms with Crippen molar-refractivity contribution >= 4 is 11.8 Å². The Kier molecular flexibility index (Phi) is 7.62. The second-order valence-electron chi connectivity index (χ2n) is 6.09. The minimum absolute atomic E-state index is 0.148. The molecule has 0 saturated heterocycles. The number of nitro benzene ring substituents is 1. The van der Waals surface area contributed by atoms with E-state index in [1.807, 2.05) is 13.8 Å². The van der Waals surface area contributed by atoms with Gasteiger partial charge in [-0.25, -0.2) is 4.79 Å². The molecule has 0 atom stereocenters. The van der Waals surface area contributed by atoms with Crippen LogP contribution in [0.2, 0.25) is 0 Å². The van der Waals surface area contributed by atoms with E-state index in [0.717, 1.165) is 12.8 Å². The molecule has 2 aromatic carbocycles. The Labute approximate surface area is 163 Å². The lowest BCUT2D eigenvalue weighted by Crippen LogP contribution is -2.17. The monoisotopic (exact) mass is 388 g/mol. The Morgan fingerprint density at radius 2 is 1.64 bits per heavy atom. The van der Waals surface area contributed by atoms with Crippen LogP contribution < -0.4 is 19.9 Å². The molecule has 2 N–H and O–H groups in total. The largest absolute Gasteiger partial charge is 0.493 e. The molecule has 0 aliphatic rings. The summed E-state index contributed by atoms with van der Waals surface area (Å²) in [5, 5.41) is 11.5. The van der Waals surface area contributed by atoms with Crippen LogP contribution in [-0.4, -0.2) is 24.2 Å². The third-order valence-electron chi connectivity index (χ3n) is 3.83. The molecule has 150 valence electrons. The highest BCUT2D eigenvalue weighted by Gasteiger charge is 2.21. The Morgan fingerprint density at radius 1 is 1.00 bits per heavy atom. The minimum Gasteiger partial charge on any atom is -0.493 e. The van der Waals surface area contributed by atoms with Gasteiger partial charge >= 0.3 is 11.8 Å². The maximum absolute atomic E-state index is 11.5. The lowest BCUT2D eigenvalue weighted by molar-refractivity contribution is -0.386. The van der Waals surface area contributed by atoms with E-state index in [1.54, 1.807) is 30.3 Å². The van der Waals surface area contributed by atoms with Crippen molar-refractivity contribution in [3.05, 3.63) is 57.6 Å². The molecule has 0 aliphatic heterocycles. The molecule has 0 radical (unpaired) electrons. The fourth-order valence-corrected chi connectivity index (χ4v) is 2.61. The van der Waals surface area contributed by atoms with Crippen molar-refractivity contribution < 1.29 is 23.9 Å². The van der Waals surface area contributed by atoms with Crippen LogP contribution in [0, 0.1) is 10.1 Å². The summed E-state index contributed by atoms with van der Waals surface area (Å²) in [5.74, 6) is 0.899. The predicted octanol–water partition coefficient (Wildman–Crippen LogP) is 4.22. The SMILES string of the molecule is CCCOc1cc([N+](=O)[O-])c(OCCC)cc1Cc1ccccc1OC(N)=O. The van der Waals surface area contributed by atoms with E-state index < -0.39 is 11.0 Å². The number of nitrogens with two attached hydrogens (primary N) is 1. The Balaban J connectivity index is 2.48. The molecule has 0 spiro atoms. The highest BCUT2D eigenvalue weighted by atomic mass is 16.6. The molecule has 0 saturated carbocycles. The van der Waals surface area contributed by atoms with Crippen molar-refractivity contribution in [1.82, 2.24) is 0 Å². The van der Waals surface area contributed by atoms with Gasteiger partial charge in [0.25, 0.3) is 0 Å². The molecule has 2 rings (SSSR count). The van der Waals surface area contributed by atoms with Crippen LogP contribution >= 0.6 is 0 Å². The summed E-state index contributed by atoms with van der Waals surface area (Å²) in [6.07, 6.45) is 0.882. The maximum atomic E-state index is 11.5. The topological polar surface area (TPSA) is 114 Å². The smallest absolute Gasteiger partial charge is 0.409 e. The maximum Gasteiger partial charge on any atom is 0.409 e. The van der Waals surface area contributed by atoms with Crippen molar-refractivity contribution in [2.45, 2.75) is 33.1 Å². The van der Waals surface area contributed by atoms with Gasteiger partial charge in [0.1, 0.15) is 11.5 Å². The zero-order chi connectivity index (χ0) is 20.5. The third-order valence-corrected chi connectivity index (χ3v) is 3.83. The first kappa shape index (κ1) is 21.0. The molecule has 0 aliphatic carbocycles. The van der Waals surface area contributed by atoms with E-state index in [4.69, 9.17) is 19.9 Å². The van der Waals surface area contributed by atoms with Crippen molar-refractivity contribution in [3.8, 4) is 17.2 Å². The number of carbonyl (C=O) groups excluding carboxylic acids is 1. The van der Waals surface area contributed by atoms with E-state index in [-0.39, 0.29) is 11.4 Å². The van der Waals surface area contributed by atoms with Crippen molar-refractivity contribution in [2.24, 2.45) is 5.73 Å². The molecular weight excluding hydrogens is 364 g/mol. The second-order valence-corrected chi connectivity index (χ2v) is 6.09. The average Bonchev–Trinajstić information content (AvgIpc) is 2.66. The van der Waals surface area contributed by atoms with Crippen LogP contribution in [0.1, 0.15) is 37.8 Å². The number of para-hydroxylation sites is 1. The quantitative estimate of drug-likeness (QED) is 0.481. The van der Waals surface area contributed by atoms with Gasteiger partial charge in [0.15, 0.2) is 5.75 Å². The zero-order valence-corrected chi connectivity index (χ0v) is 16.0. The third kappa shape index (κ3) is 5.60. The van der Waals surface area contributed by atoms with E-state index in [1.165, 1.54) is 6.07 Å². The molecule has 0 aromatic heterocycles. The predicted molar refractivity (Wildman–Crippen MR) is 104 cm³/mol. The van der Waals surface area contributed by atoms with Crippen LogP contribution in [0.15, 0.2) is 36.4 Å². The molecule has 8 heteroatoms. The number of ether oxygens (including phenoxy) is 3. The van der Waals surface area contributed by atoms with Crippen LogP contribution in [0.5, 0.6) is 17.2 Å². The Morgan fingerprint density at radius 3 is 2.25 bits per heavy atom. The molecule has 0 unspecified atom stereocenters. The van der Waals surface area contributed by atoms with E-state index in [2.05, 4.69) is 0 Å². The number of hydrogen-bond acceptors (Lipinski definition) is 6.